The summed E-state index contributed by atoms with van der Waals surface area (Å²) < 4.78 is 2.27. The van der Waals surface area contributed by atoms with E-state index in [1.165, 1.54) is 23.9 Å². The highest BCUT2D eigenvalue weighted by atomic mass is 32.2. The number of thioether (sulfide) groups is 1. The zero-order valence-electron chi connectivity index (χ0n) is 13.6. The van der Waals surface area contributed by atoms with Gasteiger partial charge in [0.25, 0.3) is 5.56 Å². The minimum atomic E-state index is -0.485. The van der Waals surface area contributed by atoms with Crippen molar-refractivity contribution in [3.8, 4) is 0 Å². The Morgan fingerprint density at radius 2 is 2.00 bits per heavy atom. The van der Waals surface area contributed by atoms with Crippen LogP contribution in [0, 0.1) is 0 Å². The fourth-order valence-electron chi connectivity index (χ4n) is 2.71. The number of rotatable bonds is 2. The Hall–Kier alpha value is -2.28. The largest absolute Gasteiger partial charge is 0.331 e. The van der Waals surface area contributed by atoms with Crippen LogP contribution in [0.2, 0.25) is 0 Å². The molecule has 0 N–H and O–H groups in total. The van der Waals surface area contributed by atoms with Crippen LogP contribution in [0.15, 0.2) is 51.0 Å². The number of nitrogens with zero attached hydrogens (tertiary/aromatic N) is 3. The molecule has 2 heterocycles. The lowest BCUT2D eigenvalue weighted by Gasteiger charge is -2.23. The molecule has 0 saturated heterocycles. The number of hydrogen-bond donors (Lipinski definition) is 0. The van der Waals surface area contributed by atoms with Gasteiger partial charge in [-0.2, -0.15) is 0 Å². The minimum Gasteiger partial charge on any atom is -0.310 e. The average Bonchev–Trinajstić information content (AvgIpc) is 2.73. The molecule has 1 atom stereocenters. The second-order valence-corrected chi connectivity index (χ2v) is 7.33. The van der Waals surface area contributed by atoms with Crippen LogP contribution < -0.4 is 16.1 Å². The SMILES string of the molecule is C[C@H]1CCN(C(=O)Cn2ccc(=O)n(C)c2=O)c2ccccc2S1. The minimum absolute atomic E-state index is 0.0830. The van der Waals surface area contributed by atoms with Gasteiger partial charge >= 0.3 is 5.69 Å². The number of hydrogen-bond acceptors (Lipinski definition) is 4. The average molecular weight is 345 g/mol. The molecule has 0 fully saturated rings. The van der Waals surface area contributed by atoms with Crippen molar-refractivity contribution in [1.29, 1.82) is 0 Å². The van der Waals surface area contributed by atoms with Crippen LogP contribution in [-0.2, 0) is 18.4 Å². The molecule has 2 aromatic rings. The van der Waals surface area contributed by atoms with Crippen molar-refractivity contribution in [2.75, 3.05) is 11.4 Å². The molecule has 6 nitrogen and oxygen atoms in total. The Balaban J connectivity index is 1.92. The van der Waals surface area contributed by atoms with Gasteiger partial charge in [-0.1, -0.05) is 19.1 Å². The first kappa shape index (κ1) is 16.6. The molecule has 1 aliphatic heterocycles. The maximum Gasteiger partial charge on any atom is 0.331 e. The second kappa shape index (κ2) is 6.68. The van der Waals surface area contributed by atoms with Crippen LogP contribution in [0.25, 0.3) is 0 Å². The Morgan fingerprint density at radius 3 is 2.79 bits per heavy atom. The third-order valence-electron chi connectivity index (χ3n) is 4.11. The first-order valence-electron chi connectivity index (χ1n) is 7.80. The van der Waals surface area contributed by atoms with Gasteiger partial charge in [-0.05, 0) is 18.6 Å². The summed E-state index contributed by atoms with van der Waals surface area (Å²) in [5.74, 6) is -0.155. The van der Waals surface area contributed by atoms with Gasteiger partial charge in [0.2, 0.25) is 5.91 Å². The molecular weight excluding hydrogens is 326 g/mol. The summed E-state index contributed by atoms with van der Waals surface area (Å²) in [6.07, 6.45) is 2.26. The van der Waals surface area contributed by atoms with E-state index in [2.05, 4.69) is 6.92 Å². The van der Waals surface area contributed by atoms with E-state index in [9.17, 15) is 14.4 Å². The Bertz CT molecular complexity index is 887. The number of aromatic nitrogens is 2. The van der Waals surface area contributed by atoms with Crippen LogP contribution in [0.5, 0.6) is 0 Å². The predicted molar refractivity (Wildman–Crippen MR) is 94.7 cm³/mol. The summed E-state index contributed by atoms with van der Waals surface area (Å²) in [6.45, 7) is 2.68. The Morgan fingerprint density at radius 1 is 1.25 bits per heavy atom. The van der Waals surface area contributed by atoms with Gasteiger partial charge in [-0.3, -0.25) is 18.7 Å². The molecule has 0 spiro atoms. The van der Waals surface area contributed by atoms with E-state index in [1.807, 2.05) is 24.3 Å². The van der Waals surface area contributed by atoms with E-state index < -0.39 is 5.69 Å². The number of benzene rings is 1. The van der Waals surface area contributed by atoms with Gasteiger partial charge in [0.05, 0.1) is 5.69 Å². The summed E-state index contributed by atoms with van der Waals surface area (Å²) in [4.78, 5) is 39.2. The zero-order valence-corrected chi connectivity index (χ0v) is 14.5. The number of amides is 1. The molecule has 126 valence electrons. The second-order valence-electron chi connectivity index (χ2n) is 5.85. The Kier molecular flexibility index (Phi) is 4.62. The van der Waals surface area contributed by atoms with Gasteiger partial charge in [-0.25, -0.2) is 4.79 Å². The highest BCUT2D eigenvalue weighted by molar-refractivity contribution is 8.00. The van der Waals surface area contributed by atoms with Crippen molar-refractivity contribution in [2.45, 2.75) is 30.0 Å². The fourth-order valence-corrected chi connectivity index (χ4v) is 3.83. The van der Waals surface area contributed by atoms with Crippen molar-refractivity contribution in [3.05, 3.63) is 57.4 Å². The van der Waals surface area contributed by atoms with Gasteiger partial charge < -0.3 is 4.90 Å². The molecular formula is C17H19N3O3S. The number of carbonyl (C=O) groups excluding carboxylic acids is 1. The number of fused-ring (bicyclic) bond motifs is 1. The van der Waals surface area contributed by atoms with Crippen molar-refractivity contribution < 1.29 is 4.79 Å². The summed E-state index contributed by atoms with van der Waals surface area (Å²) in [7, 11) is 1.41. The van der Waals surface area contributed by atoms with Crippen LogP contribution in [-0.4, -0.2) is 26.8 Å². The van der Waals surface area contributed by atoms with Crippen LogP contribution in [0.4, 0.5) is 5.69 Å². The molecule has 1 aliphatic rings. The Labute approximate surface area is 143 Å². The molecule has 24 heavy (non-hydrogen) atoms. The van der Waals surface area contributed by atoms with Gasteiger partial charge in [-0.15, -0.1) is 11.8 Å². The highest BCUT2D eigenvalue weighted by Crippen LogP contribution is 2.37. The monoisotopic (exact) mass is 345 g/mol. The van der Waals surface area contributed by atoms with E-state index >= 15 is 0 Å². The normalized spacial score (nSPS) is 17.2. The molecule has 3 rings (SSSR count). The summed E-state index contributed by atoms with van der Waals surface area (Å²) in [5, 5.41) is 0.421. The molecule has 1 aromatic heterocycles. The summed E-state index contributed by atoms with van der Waals surface area (Å²) in [6, 6.07) is 9.11. The molecule has 0 bridgehead atoms. The molecule has 0 unspecified atom stereocenters. The van der Waals surface area contributed by atoms with E-state index in [4.69, 9.17) is 0 Å². The molecule has 1 aromatic carbocycles. The lowest BCUT2D eigenvalue weighted by molar-refractivity contribution is -0.119. The van der Waals surface area contributed by atoms with E-state index in [0.29, 0.717) is 11.8 Å². The first-order chi connectivity index (χ1) is 11.5. The van der Waals surface area contributed by atoms with Crippen molar-refractivity contribution in [1.82, 2.24) is 9.13 Å². The molecule has 0 saturated carbocycles. The fraction of sp³-hybridized carbons (Fsp3) is 0.353. The van der Waals surface area contributed by atoms with Crippen molar-refractivity contribution >= 4 is 23.4 Å². The van der Waals surface area contributed by atoms with Gasteiger partial charge in [0, 0.05) is 36.0 Å². The van der Waals surface area contributed by atoms with E-state index in [1.54, 1.807) is 16.7 Å². The topological polar surface area (TPSA) is 64.3 Å². The quantitative estimate of drug-likeness (QED) is 0.827. The molecule has 0 radical (unpaired) electrons. The number of para-hydroxylation sites is 1. The third kappa shape index (κ3) is 3.17. The molecule has 7 heteroatoms. The number of carbonyl (C=O) groups is 1. The smallest absolute Gasteiger partial charge is 0.310 e. The number of anilines is 1. The van der Waals surface area contributed by atoms with Crippen molar-refractivity contribution in [3.63, 3.8) is 0 Å². The van der Waals surface area contributed by atoms with E-state index in [0.717, 1.165) is 21.6 Å². The standard InChI is InChI=1S/C17H19N3O3S/c1-12-7-10-20(13-5-3-4-6-14(13)24-12)16(22)11-19-9-8-15(21)18(2)17(19)23/h3-6,8-9,12H,7,10-11H2,1-2H3/t12-/m0/s1. The third-order valence-corrected chi connectivity index (χ3v) is 5.35. The summed E-state index contributed by atoms with van der Waals surface area (Å²) in [5.41, 5.74) is 0.0189. The maximum absolute atomic E-state index is 12.8. The lowest BCUT2D eigenvalue weighted by Crippen LogP contribution is -2.42. The zero-order chi connectivity index (χ0) is 17.3. The van der Waals surface area contributed by atoms with Crippen LogP contribution in [0.3, 0.4) is 0 Å². The van der Waals surface area contributed by atoms with Gasteiger partial charge in [0.15, 0.2) is 0 Å². The highest BCUT2D eigenvalue weighted by Gasteiger charge is 2.24. The van der Waals surface area contributed by atoms with Crippen molar-refractivity contribution in [2.24, 2.45) is 7.05 Å². The maximum atomic E-state index is 12.8. The lowest BCUT2D eigenvalue weighted by atomic mass is 10.2. The first-order valence-corrected chi connectivity index (χ1v) is 8.68. The summed E-state index contributed by atoms with van der Waals surface area (Å²) >= 11 is 1.76. The molecule has 0 aliphatic carbocycles. The predicted octanol–water partition coefficient (Wildman–Crippen LogP) is 1.46. The van der Waals surface area contributed by atoms with Crippen LogP contribution >= 0.6 is 11.8 Å². The molecule has 1 amide bonds. The van der Waals surface area contributed by atoms with Crippen LogP contribution in [0.1, 0.15) is 13.3 Å². The van der Waals surface area contributed by atoms with E-state index in [-0.39, 0.29) is 18.0 Å². The van der Waals surface area contributed by atoms with Gasteiger partial charge in [0.1, 0.15) is 6.54 Å².